The van der Waals surface area contributed by atoms with Crippen molar-refractivity contribution in [1.29, 1.82) is 0 Å². The van der Waals surface area contributed by atoms with Gasteiger partial charge in [-0.2, -0.15) is 0 Å². The first-order valence-electron chi connectivity index (χ1n) is 9.33. The van der Waals surface area contributed by atoms with Gasteiger partial charge in [0.25, 0.3) is 5.91 Å². The van der Waals surface area contributed by atoms with E-state index in [1.54, 1.807) is 4.90 Å². The molecule has 1 aromatic rings. The number of nitrogens with one attached hydrogen (secondary N) is 2. The minimum atomic E-state index is -0.638. The third-order valence-corrected chi connectivity index (χ3v) is 5.15. The monoisotopic (exact) mass is 376 g/mol. The van der Waals surface area contributed by atoms with Crippen LogP contribution >= 0.6 is 0 Å². The number of carbonyl (C=O) groups is 3. The average Bonchev–Trinajstić information content (AvgIpc) is 3.07. The summed E-state index contributed by atoms with van der Waals surface area (Å²) in [5.74, 6) is -0.719. The molecular weight excluding hydrogens is 351 g/mol. The molecule has 2 saturated heterocycles. The molecule has 0 bridgehead atoms. The van der Waals surface area contributed by atoms with Crippen molar-refractivity contribution in [1.82, 2.24) is 15.1 Å². The molecule has 1 atom stereocenters. The number of halogens is 1. The Morgan fingerprint density at radius 2 is 2.07 bits per heavy atom. The number of carbonyl (C=O) groups excluding carboxylic acids is 3. The van der Waals surface area contributed by atoms with Gasteiger partial charge in [0.2, 0.25) is 5.91 Å². The van der Waals surface area contributed by atoms with Gasteiger partial charge in [-0.3, -0.25) is 9.59 Å². The Bertz CT molecular complexity index is 740. The first kappa shape index (κ1) is 19.1. The topological polar surface area (TPSA) is 81.8 Å². The van der Waals surface area contributed by atoms with Gasteiger partial charge < -0.3 is 20.4 Å². The second kappa shape index (κ2) is 8.37. The van der Waals surface area contributed by atoms with Gasteiger partial charge in [0.05, 0.1) is 5.56 Å². The molecule has 2 fully saturated rings. The number of likely N-dealkylation sites (tertiary alicyclic amines) is 2. The largest absolute Gasteiger partial charge is 0.355 e. The van der Waals surface area contributed by atoms with Gasteiger partial charge in [-0.1, -0.05) is 0 Å². The fourth-order valence-electron chi connectivity index (χ4n) is 3.72. The molecule has 2 heterocycles. The second-order valence-electron chi connectivity index (χ2n) is 7.10. The van der Waals surface area contributed by atoms with Crippen molar-refractivity contribution < 1.29 is 18.8 Å². The Morgan fingerprint density at radius 1 is 1.26 bits per heavy atom. The van der Waals surface area contributed by atoms with E-state index in [-0.39, 0.29) is 23.4 Å². The van der Waals surface area contributed by atoms with E-state index in [0.717, 1.165) is 31.9 Å². The van der Waals surface area contributed by atoms with E-state index in [4.69, 9.17) is 0 Å². The fourth-order valence-corrected chi connectivity index (χ4v) is 3.72. The van der Waals surface area contributed by atoms with Crippen LogP contribution in [-0.4, -0.2) is 60.9 Å². The maximum atomic E-state index is 13.8. The summed E-state index contributed by atoms with van der Waals surface area (Å²) in [7, 11) is 1.42. The highest BCUT2D eigenvalue weighted by Gasteiger charge is 2.28. The number of hydrogen-bond acceptors (Lipinski definition) is 3. The third kappa shape index (κ3) is 4.56. The highest BCUT2D eigenvalue weighted by Crippen LogP contribution is 2.22. The molecule has 0 saturated carbocycles. The Labute approximate surface area is 157 Å². The van der Waals surface area contributed by atoms with Crippen LogP contribution in [0.2, 0.25) is 0 Å². The number of rotatable bonds is 4. The van der Waals surface area contributed by atoms with E-state index in [0.29, 0.717) is 31.7 Å². The van der Waals surface area contributed by atoms with Crippen LogP contribution in [0.5, 0.6) is 0 Å². The summed E-state index contributed by atoms with van der Waals surface area (Å²) in [5, 5.41) is 5.12. The van der Waals surface area contributed by atoms with E-state index in [1.807, 2.05) is 4.90 Å². The van der Waals surface area contributed by atoms with Gasteiger partial charge >= 0.3 is 6.03 Å². The van der Waals surface area contributed by atoms with E-state index in [2.05, 4.69) is 10.6 Å². The molecule has 0 aliphatic carbocycles. The van der Waals surface area contributed by atoms with Crippen molar-refractivity contribution in [2.24, 2.45) is 5.92 Å². The summed E-state index contributed by atoms with van der Waals surface area (Å²) in [4.78, 5) is 39.7. The number of anilines is 1. The molecule has 3 rings (SSSR count). The maximum Gasteiger partial charge on any atom is 0.321 e. The average molecular weight is 376 g/mol. The molecule has 1 aromatic carbocycles. The van der Waals surface area contributed by atoms with Crippen LogP contribution in [0.15, 0.2) is 18.2 Å². The lowest BCUT2D eigenvalue weighted by Crippen LogP contribution is -2.45. The van der Waals surface area contributed by atoms with Crippen LogP contribution in [0.1, 0.15) is 36.0 Å². The van der Waals surface area contributed by atoms with Crippen molar-refractivity contribution in [3.8, 4) is 0 Å². The Hall–Kier alpha value is -2.64. The first-order valence-corrected chi connectivity index (χ1v) is 9.33. The quantitative estimate of drug-likeness (QED) is 0.844. The number of hydrogen-bond donors (Lipinski definition) is 2. The number of urea groups is 1. The lowest BCUT2D eigenvalue weighted by molar-refractivity contribution is -0.128. The van der Waals surface area contributed by atoms with Crippen LogP contribution in [0, 0.1) is 11.7 Å². The van der Waals surface area contributed by atoms with Crippen LogP contribution in [0.3, 0.4) is 0 Å². The fraction of sp³-hybridized carbons (Fsp3) is 0.526. The molecule has 8 heteroatoms. The minimum absolute atomic E-state index is 0.112. The predicted molar refractivity (Wildman–Crippen MR) is 98.9 cm³/mol. The van der Waals surface area contributed by atoms with Crippen molar-refractivity contribution in [2.75, 3.05) is 38.5 Å². The van der Waals surface area contributed by atoms with Crippen LogP contribution < -0.4 is 10.6 Å². The lowest BCUT2D eigenvalue weighted by atomic mass is 9.97. The molecular formula is C19H25FN4O3. The summed E-state index contributed by atoms with van der Waals surface area (Å²) < 4.78 is 13.8. The molecule has 7 nitrogen and oxygen atoms in total. The van der Waals surface area contributed by atoms with Gasteiger partial charge in [-0.25, -0.2) is 9.18 Å². The Morgan fingerprint density at radius 3 is 2.78 bits per heavy atom. The first-order chi connectivity index (χ1) is 13.0. The molecule has 0 aromatic heterocycles. The van der Waals surface area contributed by atoms with Crippen LogP contribution in [0.25, 0.3) is 0 Å². The number of piperidine rings is 1. The zero-order chi connectivity index (χ0) is 19.4. The highest BCUT2D eigenvalue weighted by atomic mass is 19.1. The third-order valence-electron chi connectivity index (χ3n) is 5.15. The molecule has 27 heavy (non-hydrogen) atoms. The number of nitrogens with zero attached hydrogens (tertiary/aromatic N) is 2. The van der Waals surface area contributed by atoms with Gasteiger partial charge in [0, 0.05) is 45.3 Å². The number of amides is 4. The van der Waals surface area contributed by atoms with Crippen molar-refractivity contribution >= 4 is 23.5 Å². The molecule has 146 valence electrons. The smallest absolute Gasteiger partial charge is 0.321 e. The highest BCUT2D eigenvalue weighted by molar-refractivity contribution is 5.97. The molecule has 2 aliphatic heterocycles. The Balaban J connectivity index is 1.60. The molecule has 0 spiro atoms. The number of benzene rings is 1. The molecule has 0 unspecified atom stereocenters. The van der Waals surface area contributed by atoms with Crippen molar-refractivity contribution in [3.63, 3.8) is 0 Å². The normalized spacial score (nSPS) is 19.9. The van der Waals surface area contributed by atoms with Gasteiger partial charge in [0.1, 0.15) is 5.82 Å². The van der Waals surface area contributed by atoms with Crippen LogP contribution in [-0.2, 0) is 4.79 Å². The Kier molecular flexibility index (Phi) is 5.93. The van der Waals surface area contributed by atoms with E-state index >= 15 is 0 Å². The summed E-state index contributed by atoms with van der Waals surface area (Å²) in [6, 6.07) is 3.65. The van der Waals surface area contributed by atoms with E-state index in [9.17, 15) is 18.8 Å². The van der Waals surface area contributed by atoms with Crippen molar-refractivity contribution in [3.05, 3.63) is 29.6 Å². The van der Waals surface area contributed by atoms with Crippen LogP contribution in [0.4, 0.5) is 14.9 Å². The zero-order valence-corrected chi connectivity index (χ0v) is 15.5. The minimum Gasteiger partial charge on any atom is -0.355 e. The van der Waals surface area contributed by atoms with Gasteiger partial charge in [-0.05, 0) is 43.4 Å². The van der Waals surface area contributed by atoms with E-state index in [1.165, 1.54) is 19.2 Å². The van der Waals surface area contributed by atoms with E-state index < -0.39 is 11.7 Å². The summed E-state index contributed by atoms with van der Waals surface area (Å²) >= 11 is 0. The predicted octanol–water partition coefficient (Wildman–Crippen LogP) is 2.05. The summed E-state index contributed by atoms with van der Waals surface area (Å²) in [5.41, 5.74) is 0.260. The molecule has 2 N–H and O–H groups in total. The summed E-state index contributed by atoms with van der Waals surface area (Å²) in [6.45, 7) is 2.72. The summed E-state index contributed by atoms with van der Waals surface area (Å²) in [6.07, 6.45) is 3.40. The molecule has 2 aliphatic rings. The maximum absolute atomic E-state index is 13.8. The van der Waals surface area contributed by atoms with Crippen molar-refractivity contribution in [2.45, 2.75) is 25.7 Å². The second-order valence-corrected chi connectivity index (χ2v) is 7.10. The van der Waals surface area contributed by atoms with Gasteiger partial charge in [0.15, 0.2) is 0 Å². The lowest BCUT2D eigenvalue weighted by Gasteiger charge is -2.34. The SMILES string of the molecule is CNC(=O)c1cc(NC(=O)N2CCC[C@@H](CN3CCCC3=O)C2)ccc1F. The zero-order valence-electron chi connectivity index (χ0n) is 15.5. The standard InChI is InChI=1S/C19H25FN4O3/c1-21-18(26)15-10-14(6-7-16(15)20)22-19(27)24-9-2-4-13(12-24)11-23-8-3-5-17(23)25/h6-7,10,13H,2-5,8-9,11-12H2,1H3,(H,21,26)(H,22,27)/t13-/m0/s1. The molecule has 0 radical (unpaired) electrons. The van der Waals surface area contributed by atoms with Gasteiger partial charge in [-0.15, -0.1) is 0 Å². The molecule has 4 amide bonds.